The zero-order valence-electron chi connectivity index (χ0n) is 14.9. The fourth-order valence-corrected chi connectivity index (χ4v) is 4.91. The molecule has 0 aromatic heterocycles. The summed E-state index contributed by atoms with van der Waals surface area (Å²) >= 11 is 0. The highest BCUT2D eigenvalue weighted by Crippen LogP contribution is 2.43. The lowest BCUT2D eigenvalue weighted by Gasteiger charge is -2.54. The van der Waals surface area contributed by atoms with E-state index in [1.807, 2.05) is 0 Å². The van der Waals surface area contributed by atoms with E-state index < -0.39 is 0 Å². The molecular formula is C19H38N2. The monoisotopic (exact) mass is 294 g/mol. The average molecular weight is 295 g/mol. The van der Waals surface area contributed by atoms with Crippen molar-refractivity contribution in [2.75, 3.05) is 13.1 Å². The lowest BCUT2D eigenvalue weighted by molar-refractivity contribution is -0.0304. The second-order valence-electron chi connectivity index (χ2n) is 8.40. The van der Waals surface area contributed by atoms with Crippen LogP contribution in [0.5, 0.6) is 0 Å². The smallest absolute Gasteiger partial charge is 0.0360 e. The maximum atomic E-state index is 6.41. The van der Waals surface area contributed by atoms with Gasteiger partial charge in [-0.05, 0) is 62.8 Å². The summed E-state index contributed by atoms with van der Waals surface area (Å²) in [6.07, 6.45) is 11.0. The summed E-state index contributed by atoms with van der Waals surface area (Å²) in [5.41, 5.74) is 6.70. The molecule has 0 saturated heterocycles. The third-order valence-electron chi connectivity index (χ3n) is 6.38. The Kier molecular flexibility index (Phi) is 6.14. The first-order chi connectivity index (χ1) is 9.99. The third-order valence-corrected chi connectivity index (χ3v) is 6.38. The van der Waals surface area contributed by atoms with Crippen LogP contribution in [0.15, 0.2) is 0 Å². The third kappa shape index (κ3) is 3.82. The van der Waals surface area contributed by atoms with Crippen LogP contribution in [0.2, 0.25) is 0 Å². The van der Waals surface area contributed by atoms with Crippen LogP contribution in [0.1, 0.15) is 79.1 Å². The molecule has 0 aliphatic heterocycles. The molecule has 0 spiro atoms. The summed E-state index contributed by atoms with van der Waals surface area (Å²) in [5.74, 6) is 2.43. The molecule has 3 unspecified atom stereocenters. The van der Waals surface area contributed by atoms with Gasteiger partial charge >= 0.3 is 0 Å². The van der Waals surface area contributed by atoms with Gasteiger partial charge in [0.05, 0.1) is 0 Å². The van der Waals surface area contributed by atoms with Gasteiger partial charge in [-0.1, -0.05) is 40.5 Å². The SMILES string of the molecule is CC(C)CCN(C1CCCC1)C1(CN)CCC(C)CC1C. The molecule has 2 aliphatic carbocycles. The summed E-state index contributed by atoms with van der Waals surface area (Å²) in [6.45, 7) is 11.7. The minimum Gasteiger partial charge on any atom is -0.329 e. The molecule has 21 heavy (non-hydrogen) atoms. The number of nitrogens with zero attached hydrogens (tertiary/aromatic N) is 1. The molecule has 0 heterocycles. The lowest BCUT2D eigenvalue weighted by atomic mass is 9.68. The highest BCUT2D eigenvalue weighted by Gasteiger charge is 2.46. The topological polar surface area (TPSA) is 29.3 Å². The van der Waals surface area contributed by atoms with Crippen molar-refractivity contribution in [3.05, 3.63) is 0 Å². The van der Waals surface area contributed by atoms with Gasteiger partial charge in [0.15, 0.2) is 0 Å². The van der Waals surface area contributed by atoms with Crippen molar-refractivity contribution in [3.63, 3.8) is 0 Å². The second kappa shape index (κ2) is 7.46. The van der Waals surface area contributed by atoms with Crippen LogP contribution in [0.3, 0.4) is 0 Å². The molecule has 2 rings (SSSR count). The van der Waals surface area contributed by atoms with Gasteiger partial charge in [0.2, 0.25) is 0 Å². The predicted octanol–water partition coefficient (Wildman–Crippen LogP) is 4.43. The molecule has 2 heteroatoms. The molecule has 2 N–H and O–H groups in total. The summed E-state index contributed by atoms with van der Waals surface area (Å²) in [5, 5.41) is 0. The van der Waals surface area contributed by atoms with Crippen molar-refractivity contribution < 1.29 is 0 Å². The first-order valence-electron chi connectivity index (χ1n) is 9.46. The van der Waals surface area contributed by atoms with Gasteiger partial charge in [0, 0.05) is 18.1 Å². The van der Waals surface area contributed by atoms with Gasteiger partial charge in [0.25, 0.3) is 0 Å². The van der Waals surface area contributed by atoms with Crippen molar-refractivity contribution >= 4 is 0 Å². The fraction of sp³-hybridized carbons (Fsp3) is 1.00. The van der Waals surface area contributed by atoms with Crippen LogP contribution in [0.25, 0.3) is 0 Å². The molecule has 2 fully saturated rings. The van der Waals surface area contributed by atoms with E-state index in [1.54, 1.807) is 0 Å². The Morgan fingerprint density at radius 2 is 1.81 bits per heavy atom. The minimum absolute atomic E-state index is 0.288. The molecule has 0 radical (unpaired) electrons. The molecule has 0 aromatic carbocycles. The Morgan fingerprint density at radius 1 is 1.14 bits per heavy atom. The molecule has 124 valence electrons. The molecule has 0 bridgehead atoms. The van der Waals surface area contributed by atoms with Gasteiger partial charge in [-0.2, -0.15) is 0 Å². The van der Waals surface area contributed by atoms with Gasteiger partial charge in [-0.25, -0.2) is 0 Å². The Hall–Kier alpha value is -0.0800. The van der Waals surface area contributed by atoms with Crippen molar-refractivity contribution in [2.24, 2.45) is 23.5 Å². The van der Waals surface area contributed by atoms with Crippen LogP contribution in [-0.4, -0.2) is 29.6 Å². The Labute approximate surface area is 132 Å². The van der Waals surface area contributed by atoms with Gasteiger partial charge in [-0.15, -0.1) is 0 Å². The van der Waals surface area contributed by atoms with Crippen LogP contribution >= 0.6 is 0 Å². The number of rotatable bonds is 6. The van der Waals surface area contributed by atoms with Gasteiger partial charge in [0.1, 0.15) is 0 Å². The predicted molar refractivity (Wildman–Crippen MR) is 92.4 cm³/mol. The molecule has 0 aromatic rings. The molecule has 2 aliphatic rings. The van der Waals surface area contributed by atoms with Gasteiger partial charge in [-0.3, -0.25) is 4.90 Å². The van der Waals surface area contributed by atoms with Crippen molar-refractivity contribution in [1.29, 1.82) is 0 Å². The fourth-order valence-electron chi connectivity index (χ4n) is 4.91. The van der Waals surface area contributed by atoms with Crippen LogP contribution in [0.4, 0.5) is 0 Å². The van der Waals surface area contributed by atoms with Gasteiger partial charge < -0.3 is 5.73 Å². The van der Waals surface area contributed by atoms with E-state index in [0.29, 0.717) is 0 Å². The number of hydrogen-bond acceptors (Lipinski definition) is 2. The van der Waals surface area contributed by atoms with Crippen molar-refractivity contribution in [2.45, 2.75) is 90.6 Å². The normalized spacial score (nSPS) is 35.0. The second-order valence-corrected chi connectivity index (χ2v) is 8.40. The number of nitrogens with two attached hydrogens (primary N) is 1. The molecule has 0 amide bonds. The van der Waals surface area contributed by atoms with E-state index in [9.17, 15) is 0 Å². The standard InChI is InChI=1S/C19H38N2/c1-15(2)10-12-21(18-7-5-6-8-18)19(14-20)11-9-16(3)13-17(19)4/h15-18H,5-14,20H2,1-4H3. The maximum Gasteiger partial charge on any atom is 0.0360 e. The van der Waals surface area contributed by atoms with E-state index in [0.717, 1.165) is 30.3 Å². The molecular weight excluding hydrogens is 256 g/mol. The Balaban J connectivity index is 2.18. The van der Waals surface area contributed by atoms with Crippen LogP contribution in [-0.2, 0) is 0 Å². The summed E-state index contributed by atoms with van der Waals surface area (Å²) < 4.78 is 0. The first kappa shape index (κ1) is 17.3. The van der Waals surface area contributed by atoms with Crippen molar-refractivity contribution in [1.82, 2.24) is 4.90 Å². The van der Waals surface area contributed by atoms with E-state index in [1.165, 1.54) is 57.9 Å². The molecule has 2 nitrogen and oxygen atoms in total. The summed E-state index contributed by atoms with van der Waals surface area (Å²) in [6, 6.07) is 0.808. The average Bonchev–Trinajstić information content (AvgIpc) is 2.95. The van der Waals surface area contributed by atoms with Crippen LogP contribution < -0.4 is 5.73 Å². The summed E-state index contributed by atoms with van der Waals surface area (Å²) in [4.78, 5) is 2.90. The maximum absolute atomic E-state index is 6.41. The Morgan fingerprint density at radius 3 is 2.33 bits per heavy atom. The molecule has 2 saturated carbocycles. The van der Waals surface area contributed by atoms with Crippen LogP contribution in [0, 0.1) is 17.8 Å². The summed E-state index contributed by atoms with van der Waals surface area (Å²) in [7, 11) is 0. The van der Waals surface area contributed by atoms with E-state index in [-0.39, 0.29) is 5.54 Å². The highest BCUT2D eigenvalue weighted by atomic mass is 15.2. The minimum atomic E-state index is 0.288. The largest absolute Gasteiger partial charge is 0.329 e. The first-order valence-corrected chi connectivity index (χ1v) is 9.46. The zero-order chi connectivity index (χ0) is 15.5. The van der Waals surface area contributed by atoms with E-state index in [2.05, 4.69) is 32.6 Å². The number of hydrogen-bond donors (Lipinski definition) is 1. The van der Waals surface area contributed by atoms with Crippen molar-refractivity contribution in [3.8, 4) is 0 Å². The zero-order valence-corrected chi connectivity index (χ0v) is 14.9. The molecule has 3 atom stereocenters. The van der Waals surface area contributed by atoms with E-state index >= 15 is 0 Å². The van der Waals surface area contributed by atoms with E-state index in [4.69, 9.17) is 5.73 Å². The highest BCUT2D eigenvalue weighted by molar-refractivity contribution is 5.02. The Bertz CT molecular complexity index is 309. The lowest BCUT2D eigenvalue weighted by Crippen LogP contribution is -2.62. The quantitative estimate of drug-likeness (QED) is 0.785.